The molecule has 2 aliphatic heterocycles. The number of anilines is 1. The Labute approximate surface area is 208 Å². The first-order valence-corrected chi connectivity index (χ1v) is 12.3. The van der Waals surface area contributed by atoms with Crippen LogP contribution in [0.2, 0.25) is 0 Å². The molecule has 3 N–H and O–H groups in total. The van der Waals surface area contributed by atoms with Gasteiger partial charge in [-0.3, -0.25) is 9.88 Å². The Balaban J connectivity index is 1.28. The highest BCUT2D eigenvalue weighted by Crippen LogP contribution is 2.32. The monoisotopic (exact) mass is 487 g/mol. The van der Waals surface area contributed by atoms with Crippen molar-refractivity contribution in [2.24, 2.45) is 0 Å². The topological polar surface area (TPSA) is 109 Å². The van der Waals surface area contributed by atoms with Gasteiger partial charge >= 0.3 is 5.69 Å². The Kier molecular flexibility index (Phi) is 6.04. The number of aromatic amines is 1. The molecule has 0 amide bonds. The second-order valence-corrected chi connectivity index (χ2v) is 9.02. The van der Waals surface area contributed by atoms with Crippen molar-refractivity contribution in [3.05, 3.63) is 58.6 Å². The van der Waals surface area contributed by atoms with Crippen LogP contribution in [0.25, 0.3) is 28.2 Å². The number of imidazole rings is 1. The summed E-state index contributed by atoms with van der Waals surface area (Å²) < 4.78 is 13.2. The van der Waals surface area contributed by atoms with E-state index in [2.05, 4.69) is 25.5 Å². The van der Waals surface area contributed by atoms with E-state index in [1.165, 1.54) is 5.56 Å². The van der Waals surface area contributed by atoms with Gasteiger partial charge in [-0.15, -0.1) is 0 Å². The minimum atomic E-state index is -0.265. The van der Waals surface area contributed by atoms with Crippen molar-refractivity contribution in [2.45, 2.75) is 6.42 Å². The van der Waals surface area contributed by atoms with Gasteiger partial charge in [0.05, 0.1) is 24.7 Å². The molecule has 2 aliphatic rings. The number of hydrogen-bond acceptors (Lipinski definition) is 8. The molecule has 2 aromatic heterocycles. The molecule has 186 valence electrons. The Bertz CT molecular complexity index is 1460. The van der Waals surface area contributed by atoms with Crippen molar-refractivity contribution in [3.63, 3.8) is 0 Å². The van der Waals surface area contributed by atoms with Crippen molar-refractivity contribution >= 4 is 17.0 Å². The van der Waals surface area contributed by atoms with Gasteiger partial charge in [0.1, 0.15) is 6.61 Å². The lowest BCUT2D eigenvalue weighted by Gasteiger charge is -2.27. The minimum absolute atomic E-state index is 0.265. The number of aromatic nitrogens is 4. The van der Waals surface area contributed by atoms with Gasteiger partial charge in [-0.05, 0) is 48.4 Å². The van der Waals surface area contributed by atoms with Gasteiger partial charge in [0.25, 0.3) is 0 Å². The molecule has 0 radical (unpaired) electrons. The van der Waals surface area contributed by atoms with Crippen molar-refractivity contribution in [1.29, 1.82) is 0 Å². The molecule has 0 unspecified atom stereocenters. The zero-order valence-electron chi connectivity index (χ0n) is 20.2. The number of piperazine rings is 1. The van der Waals surface area contributed by atoms with Crippen LogP contribution in [0.4, 0.5) is 5.69 Å². The number of fused-ring (bicyclic) bond motifs is 2. The number of rotatable bonds is 7. The van der Waals surface area contributed by atoms with E-state index in [9.17, 15) is 4.79 Å². The maximum atomic E-state index is 12.8. The van der Waals surface area contributed by atoms with E-state index in [0.717, 1.165) is 62.6 Å². The van der Waals surface area contributed by atoms with E-state index in [0.29, 0.717) is 35.1 Å². The third kappa shape index (κ3) is 4.29. The van der Waals surface area contributed by atoms with Crippen LogP contribution in [0.1, 0.15) is 5.56 Å². The van der Waals surface area contributed by atoms with E-state index in [-0.39, 0.29) is 5.69 Å². The molecule has 0 saturated carbocycles. The predicted molar refractivity (Wildman–Crippen MR) is 138 cm³/mol. The summed E-state index contributed by atoms with van der Waals surface area (Å²) >= 11 is 0. The quantitative estimate of drug-likeness (QED) is 0.363. The smallest absolute Gasteiger partial charge is 0.333 e. The normalized spacial score (nSPS) is 15.6. The van der Waals surface area contributed by atoms with Crippen molar-refractivity contribution in [3.8, 4) is 28.4 Å². The molecule has 6 rings (SSSR count). The van der Waals surface area contributed by atoms with Crippen LogP contribution in [0.3, 0.4) is 0 Å². The first kappa shape index (κ1) is 22.6. The number of nitrogens with zero attached hydrogens (tertiary/aromatic N) is 4. The standard InChI is InChI=1S/C26H29N7O3/c1-35-23-15-17(2-5-22(23)36-13-12-32-10-8-27-9-11-32)21-16-29-24-25(30-21)33(26(34)31-24)19-3-4-20-18(14-19)6-7-28-20/h2-5,14-16,27-28H,6-13H2,1H3,(H,29,31,34). The predicted octanol–water partition coefficient (Wildman–Crippen LogP) is 2.04. The van der Waals surface area contributed by atoms with Gasteiger partial charge in [-0.2, -0.15) is 0 Å². The molecule has 0 bridgehead atoms. The lowest BCUT2D eigenvalue weighted by molar-refractivity contribution is 0.188. The minimum Gasteiger partial charge on any atom is -0.493 e. The molecule has 10 heteroatoms. The number of nitrogens with one attached hydrogen (secondary N) is 3. The van der Waals surface area contributed by atoms with Gasteiger partial charge in [-0.25, -0.2) is 19.3 Å². The third-order valence-corrected chi connectivity index (χ3v) is 6.79. The molecule has 4 heterocycles. The van der Waals surface area contributed by atoms with E-state index in [1.807, 2.05) is 36.4 Å². The first-order chi connectivity index (χ1) is 17.7. The summed E-state index contributed by atoms with van der Waals surface area (Å²) in [5.41, 5.74) is 5.21. The Morgan fingerprint density at radius 3 is 2.81 bits per heavy atom. The molecule has 0 aliphatic carbocycles. The molecule has 0 spiro atoms. The molecular weight excluding hydrogens is 458 g/mol. The number of H-pyrrole nitrogens is 1. The van der Waals surface area contributed by atoms with Crippen LogP contribution in [-0.2, 0) is 6.42 Å². The number of benzene rings is 2. The zero-order chi connectivity index (χ0) is 24.5. The highest BCUT2D eigenvalue weighted by Gasteiger charge is 2.17. The van der Waals surface area contributed by atoms with Crippen LogP contribution in [-0.4, -0.2) is 77.4 Å². The summed E-state index contributed by atoms with van der Waals surface area (Å²) in [4.78, 5) is 27.3. The van der Waals surface area contributed by atoms with Crippen LogP contribution in [0, 0.1) is 0 Å². The Morgan fingerprint density at radius 2 is 1.94 bits per heavy atom. The fourth-order valence-electron chi connectivity index (χ4n) is 4.85. The summed E-state index contributed by atoms with van der Waals surface area (Å²) in [5, 5.41) is 6.71. The van der Waals surface area contributed by atoms with Crippen LogP contribution >= 0.6 is 0 Å². The van der Waals surface area contributed by atoms with Crippen molar-refractivity contribution in [1.82, 2.24) is 29.7 Å². The van der Waals surface area contributed by atoms with Crippen molar-refractivity contribution in [2.75, 3.05) is 58.3 Å². The summed E-state index contributed by atoms with van der Waals surface area (Å²) in [5.74, 6) is 1.32. The lowest BCUT2D eigenvalue weighted by Crippen LogP contribution is -2.44. The molecule has 10 nitrogen and oxygen atoms in total. The summed E-state index contributed by atoms with van der Waals surface area (Å²) in [7, 11) is 1.63. The van der Waals surface area contributed by atoms with E-state index < -0.39 is 0 Å². The van der Waals surface area contributed by atoms with Gasteiger partial charge in [0, 0.05) is 50.5 Å². The third-order valence-electron chi connectivity index (χ3n) is 6.79. The van der Waals surface area contributed by atoms with Crippen LogP contribution in [0.5, 0.6) is 11.5 Å². The number of ether oxygens (including phenoxy) is 2. The van der Waals surface area contributed by atoms with Crippen LogP contribution < -0.4 is 25.8 Å². The fourth-order valence-corrected chi connectivity index (χ4v) is 4.85. The molecule has 1 saturated heterocycles. The van der Waals surface area contributed by atoms with Gasteiger partial charge < -0.3 is 20.1 Å². The fraction of sp³-hybridized carbons (Fsp3) is 0.346. The van der Waals surface area contributed by atoms with Gasteiger partial charge in [0.15, 0.2) is 22.8 Å². The zero-order valence-corrected chi connectivity index (χ0v) is 20.2. The molecule has 4 aromatic rings. The lowest BCUT2D eigenvalue weighted by atomic mass is 10.1. The molecule has 2 aromatic carbocycles. The Hall–Kier alpha value is -3.89. The first-order valence-electron chi connectivity index (χ1n) is 12.3. The highest BCUT2D eigenvalue weighted by atomic mass is 16.5. The average Bonchev–Trinajstić information content (AvgIpc) is 3.51. The highest BCUT2D eigenvalue weighted by molar-refractivity contribution is 5.74. The van der Waals surface area contributed by atoms with E-state index >= 15 is 0 Å². The number of methoxy groups -OCH3 is 1. The van der Waals surface area contributed by atoms with E-state index in [1.54, 1.807) is 17.9 Å². The maximum absolute atomic E-state index is 12.8. The maximum Gasteiger partial charge on any atom is 0.333 e. The Morgan fingerprint density at radius 1 is 1.06 bits per heavy atom. The largest absolute Gasteiger partial charge is 0.493 e. The summed E-state index contributed by atoms with van der Waals surface area (Å²) in [6.45, 7) is 6.47. The second-order valence-electron chi connectivity index (χ2n) is 9.02. The average molecular weight is 488 g/mol. The van der Waals surface area contributed by atoms with E-state index in [4.69, 9.17) is 14.5 Å². The summed E-state index contributed by atoms with van der Waals surface area (Å²) in [6, 6.07) is 11.7. The van der Waals surface area contributed by atoms with Crippen LogP contribution in [0.15, 0.2) is 47.4 Å². The number of hydrogen-bond donors (Lipinski definition) is 3. The second kappa shape index (κ2) is 9.63. The molecule has 36 heavy (non-hydrogen) atoms. The summed E-state index contributed by atoms with van der Waals surface area (Å²) in [6.07, 6.45) is 2.59. The van der Waals surface area contributed by atoms with Gasteiger partial charge in [-0.1, -0.05) is 0 Å². The molecular formula is C26H29N7O3. The molecule has 1 fully saturated rings. The molecule has 0 atom stereocenters. The van der Waals surface area contributed by atoms with Gasteiger partial charge in [0.2, 0.25) is 0 Å². The van der Waals surface area contributed by atoms with Crippen molar-refractivity contribution < 1.29 is 9.47 Å². The SMILES string of the molecule is COc1cc(-c2cnc3[nH]c(=O)n(-c4ccc5c(c4)CCN5)c3n2)ccc1OCCN1CCNCC1.